The number of para-hydroxylation sites is 2. The zero-order valence-corrected chi connectivity index (χ0v) is 12.2. The highest BCUT2D eigenvalue weighted by Crippen LogP contribution is 2.28. The van der Waals surface area contributed by atoms with Gasteiger partial charge in [0.2, 0.25) is 0 Å². The van der Waals surface area contributed by atoms with Gasteiger partial charge in [0.15, 0.2) is 9.84 Å². The average Bonchev–Trinajstić information content (AvgIpc) is 2.60. The summed E-state index contributed by atoms with van der Waals surface area (Å²) in [6, 6.07) is 7.90. The number of nitrogens with zero attached hydrogens (tertiary/aromatic N) is 1. The Morgan fingerprint density at radius 1 is 1.25 bits per heavy atom. The second-order valence-corrected chi connectivity index (χ2v) is 7.73. The number of hydrogen-bond acceptors (Lipinski definition) is 5. The van der Waals surface area contributed by atoms with Gasteiger partial charge in [0.25, 0.3) is 0 Å². The fraction of sp³-hybridized carbons (Fsp3) is 0.571. The van der Waals surface area contributed by atoms with Crippen LogP contribution in [-0.4, -0.2) is 57.1 Å². The molecule has 1 N–H and O–H groups in total. The van der Waals surface area contributed by atoms with Gasteiger partial charge in [-0.2, -0.15) is 0 Å². The molecule has 1 fully saturated rings. The summed E-state index contributed by atoms with van der Waals surface area (Å²) in [4.78, 5) is 2.20. The Bertz CT molecular complexity index is 574. The first-order valence-corrected chi connectivity index (χ1v) is 8.87. The molecule has 2 aliphatic rings. The van der Waals surface area contributed by atoms with Crippen LogP contribution in [0.3, 0.4) is 0 Å². The van der Waals surface area contributed by atoms with Crippen LogP contribution in [0.4, 0.5) is 5.69 Å². The number of rotatable bonds is 2. The van der Waals surface area contributed by atoms with Crippen molar-refractivity contribution in [3.8, 4) is 5.75 Å². The zero-order chi connectivity index (χ0) is 14.0. The zero-order valence-electron chi connectivity index (χ0n) is 11.4. The van der Waals surface area contributed by atoms with E-state index in [1.54, 1.807) is 0 Å². The predicted octanol–water partition coefficient (Wildman–Crippen LogP) is 0.980. The van der Waals surface area contributed by atoms with Crippen LogP contribution < -0.4 is 10.1 Å². The van der Waals surface area contributed by atoms with Gasteiger partial charge in [-0.05, 0) is 25.1 Å². The summed E-state index contributed by atoms with van der Waals surface area (Å²) >= 11 is 0. The third kappa shape index (κ3) is 3.24. The van der Waals surface area contributed by atoms with Crippen LogP contribution in [0.25, 0.3) is 0 Å². The molecule has 6 heteroatoms. The monoisotopic (exact) mass is 296 g/mol. The van der Waals surface area contributed by atoms with Crippen LogP contribution in [0.1, 0.15) is 6.42 Å². The Kier molecular flexibility index (Phi) is 3.85. The highest BCUT2D eigenvalue weighted by Gasteiger charge is 2.24. The summed E-state index contributed by atoms with van der Waals surface area (Å²) in [5.41, 5.74) is 1.03. The number of benzene rings is 1. The highest BCUT2D eigenvalue weighted by atomic mass is 32.2. The largest absolute Gasteiger partial charge is 0.485 e. The Hall–Kier alpha value is -1.27. The van der Waals surface area contributed by atoms with E-state index in [1.165, 1.54) is 0 Å². The molecule has 0 saturated carbocycles. The molecule has 0 amide bonds. The van der Waals surface area contributed by atoms with Gasteiger partial charge in [0, 0.05) is 13.1 Å². The normalized spacial score (nSPS) is 25.9. The predicted molar refractivity (Wildman–Crippen MR) is 79.1 cm³/mol. The summed E-state index contributed by atoms with van der Waals surface area (Å²) in [6.07, 6.45) is 0.796. The maximum atomic E-state index is 11.6. The Morgan fingerprint density at radius 3 is 3.00 bits per heavy atom. The first-order valence-electron chi connectivity index (χ1n) is 7.05. The van der Waals surface area contributed by atoms with Gasteiger partial charge in [0.1, 0.15) is 11.9 Å². The van der Waals surface area contributed by atoms with Gasteiger partial charge < -0.3 is 10.1 Å². The van der Waals surface area contributed by atoms with E-state index < -0.39 is 9.84 Å². The second kappa shape index (κ2) is 5.61. The molecule has 1 aromatic carbocycles. The van der Waals surface area contributed by atoms with E-state index in [-0.39, 0.29) is 11.9 Å². The van der Waals surface area contributed by atoms with Gasteiger partial charge in [-0.3, -0.25) is 4.90 Å². The van der Waals surface area contributed by atoms with Crippen LogP contribution in [0.5, 0.6) is 5.75 Å². The van der Waals surface area contributed by atoms with Gasteiger partial charge in [-0.1, -0.05) is 12.1 Å². The molecule has 2 aliphatic heterocycles. The van der Waals surface area contributed by atoms with Crippen molar-refractivity contribution in [1.29, 1.82) is 0 Å². The lowest BCUT2D eigenvalue weighted by Crippen LogP contribution is -2.42. The molecule has 0 aromatic heterocycles. The van der Waals surface area contributed by atoms with E-state index in [0.29, 0.717) is 12.3 Å². The highest BCUT2D eigenvalue weighted by molar-refractivity contribution is 7.91. The van der Waals surface area contributed by atoms with E-state index in [1.807, 2.05) is 24.3 Å². The molecule has 20 heavy (non-hydrogen) atoms. The number of sulfone groups is 1. The van der Waals surface area contributed by atoms with Crippen LogP contribution in [0.15, 0.2) is 24.3 Å². The molecule has 0 spiro atoms. The lowest BCUT2D eigenvalue weighted by atomic mass is 10.2. The van der Waals surface area contributed by atoms with Crippen LogP contribution in [0, 0.1) is 0 Å². The maximum Gasteiger partial charge on any atom is 0.151 e. The molecule has 5 nitrogen and oxygen atoms in total. The second-order valence-electron chi connectivity index (χ2n) is 5.42. The van der Waals surface area contributed by atoms with E-state index in [2.05, 4.69) is 10.2 Å². The van der Waals surface area contributed by atoms with Crippen molar-refractivity contribution in [1.82, 2.24) is 4.90 Å². The smallest absolute Gasteiger partial charge is 0.151 e. The van der Waals surface area contributed by atoms with Gasteiger partial charge >= 0.3 is 0 Å². The minimum absolute atomic E-state index is 0.0747. The lowest BCUT2D eigenvalue weighted by molar-refractivity contribution is 0.141. The van der Waals surface area contributed by atoms with Gasteiger partial charge in [0.05, 0.1) is 23.7 Å². The Morgan fingerprint density at radius 2 is 2.10 bits per heavy atom. The van der Waals surface area contributed by atoms with Crippen molar-refractivity contribution in [2.24, 2.45) is 0 Å². The van der Waals surface area contributed by atoms with Crippen molar-refractivity contribution < 1.29 is 13.2 Å². The minimum atomic E-state index is -2.84. The molecule has 110 valence electrons. The van der Waals surface area contributed by atoms with Crippen molar-refractivity contribution in [2.75, 3.05) is 43.0 Å². The first kappa shape index (κ1) is 13.7. The van der Waals surface area contributed by atoms with Crippen molar-refractivity contribution in [3.05, 3.63) is 24.3 Å². The Balaban J connectivity index is 1.59. The summed E-state index contributed by atoms with van der Waals surface area (Å²) in [5.74, 6) is 1.46. The SMILES string of the molecule is O=S1(=O)CCCN(CC2CNc3ccccc3O2)CC1. The third-order valence-corrected chi connectivity index (χ3v) is 5.53. The number of nitrogens with one attached hydrogen (secondary N) is 1. The Labute approximate surface area is 119 Å². The quantitative estimate of drug-likeness (QED) is 0.881. The molecule has 3 rings (SSSR count). The van der Waals surface area contributed by atoms with E-state index >= 15 is 0 Å². The number of anilines is 1. The standard InChI is InChI=1S/C14H20N2O3S/c17-20(18)8-3-6-16(7-9-20)11-12-10-15-13-4-1-2-5-14(13)19-12/h1-2,4-5,12,15H,3,6-11H2. The van der Waals surface area contributed by atoms with Crippen LogP contribution >= 0.6 is 0 Å². The molecule has 0 bridgehead atoms. The van der Waals surface area contributed by atoms with Gasteiger partial charge in [-0.25, -0.2) is 8.42 Å². The molecular formula is C14H20N2O3S. The molecular weight excluding hydrogens is 276 g/mol. The van der Waals surface area contributed by atoms with E-state index in [0.717, 1.165) is 37.5 Å². The van der Waals surface area contributed by atoms with E-state index in [4.69, 9.17) is 4.74 Å². The number of hydrogen-bond donors (Lipinski definition) is 1. The number of ether oxygens (including phenoxy) is 1. The molecule has 0 aliphatic carbocycles. The van der Waals surface area contributed by atoms with Crippen molar-refractivity contribution in [3.63, 3.8) is 0 Å². The lowest BCUT2D eigenvalue weighted by Gasteiger charge is -2.31. The van der Waals surface area contributed by atoms with Crippen LogP contribution in [-0.2, 0) is 9.84 Å². The van der Waals surface area contributed by atoms with Gasteiger partial charge in [-0.15, -0.1) is 0 Å². The molecule has 0 radical (unpaired) electrons. The summed E-state index contributed by atoms with van der Waals surface area (Å²) in [7, 11) is -2.84. The molecule has 1 atom stereocenters. The van der Waals surface area contributed by atoms with E-state index in [9.17, 15) is 8.42 Å². The fourth-order valence-corrected chi connectivity index (χ4v) is 4.03. The topological polar surface area (TPSA) is 58.6 Å². The van der Waals surface area contributed by atoms with Crippen molar-refractivity contribution in [2.45, 2.75) is 12.5 Å². The van der Waals surface area contributed by atoms with Crippen LogP contribution in [0.2, 0.25) is 0 Å². The molecule has 2 heterocycles. The number of fused-ring (bicyclic) bond motifs is 1. The summed E-state index contributed by atoms with van der Waals surface area (Å²) in [5, 5.41) is 3.36. The average molecular weight is 296 g/mol. The summed E-state index contributed by atoms with van der Waals surface area (Å²) in [6.45, 7) is 2.99. The van der Waals surface area contributed by atoms with Crippen molar-refractivity contribution >= 4 is 15.5 Å². The maximum absolute atomic E-state index is 11.6. The summed E-state index contributed by atoms with van der Waals surface area (Å²) < 4.78 is 29.2. The minimum Gasteiger partial charge on any atom is -0.485 e. The molecule has 1 saturated heterocycles. The third-order valence-electron chi connectivity index (χ3n) is 3.81. The molecule has 1 aromatic rings. The first-order chi connectivity index (χ1) is 9.62. The fourth-order valence-electron chi connectivity index (χ4n) is 2.72. The molecule has 1 unspecified atom stereocenters.